The smallest absolute Gasteiger partial charge is 0.212 e. The van der Waals surface area contributed by atoms with Crippen LogP contribution in [-0.4, -0.2) is 52.2 Å². The molecule has 21 heavy (non-hydrogen) atoms. The van der Waals surface area contributed by atoms with Gasteiger partial charge in [0, 0.05) is 13.7 Å². The highest BCUT2D eigenvalue weighted by molar-refractivity contribution is 7.89. The number of methoxy groups -OCH3 is 2. The van der Waals surface area contributed by atoms with Gasteiger partial charge < -0.3 is 14.6 Å². The Morgan fingerprint density at radius 1 is 1.24 bits per heavy atom. The number of rotatable bonds is 9. The highest BCUT2D eigenvalue weighted by atomic mass is 32.2. The van der Waals surface area contributed by atoms with Crippen molar-refractivity contribution in [1.29, 1.82) is 0 Å². The summed E-state index contributed by atoms with van der Waals surface area (Å²) in [4.78, 5) is 0. The number of benzene rings is 1. The Bertz CT molecular complexity index is 525. The van der Waals surface area contributed by atoms with E-state index in [-0.39, 0.29) is 18.9 Å². The minimum absolute atomic E-state index is 0.0393. The molecule has 0 saturated carbocycles. The van der Waals surface area contributed by atoms with Crippen LogP contribution in [0.3, 0.4) is 0 Å². The summed E-state index contributed by atoms with van der Waals surface area (Å²) in [6.45, 7) is 1.50. The largest absolute Gasteiger partial charge is 0.497 e. The van der Waals surface area contributed by atoms with E-state index in [0.29, 0.717) is 6.42 Å². The number of ether oxygens (including phenoxy) is 2. The van der Waals surface area contributed by atoms with Crippen molar-refractivity contribution in [2.75, 3.05) is 33.1 Å². The highest BCUT2D eigenvalue weighted by Crippen LogP contribution is 2.12. The monoisotopic (exact) mass is 317 g/mol. The van der Waals surface area contributed by atoms with Crippen molar-refractivity contribution >= 4 is 10.0 Å². The molecule has 0 amide bonds. The zero-order valence-corrected chi connectivity index (χ0v) is 13.4. The first kappa shape index (κ1) is 17.9. The summed E-state index contributed by atoms with van der Waals surface area (Å²) < 4.78 is 36.0. The lowest BCUT2D eigenvalue weighted by Crippen LogP contribution is -2.44. The molecule has 0 fully saturated rings. The average Bonchev–Trinajstić information content (AvgIpc) is 2.44. The van der Waals surface area contributed by atoms with Crippen LogP contribution in [-0.2, 0) is 21.2 Å². The molecule has 1 aromatic carbocycles. The van der Waals surface area contributed by atoms with Crippen LogP contribution in [0.4, 0.5) is 0 Å². The van der Waals surface area contributed by atoms with Gasteiger partial charge in [0.2, 0.25) is 10.0 Å². The predicted molar refractivity (Wildman–Crippen MR) is 81.0 cm³/mol. The van der Waals surface area contributed by atoms with Crippen molar-refractivity contribution in [3.8, 4) is 5.75 Å². The Labute approximate surface area is 126 Å². The summed E-state index contributed by atoms with van der Waals surface area (Å²) >= 11 is 0. The van der Waals surface area contributed by atoms with E-state index in [4.69, 9.17) is 9.47 Å². The van der Waals surface area contributed by atoms with Gasteiger partial charge in [-0.15, -0.1) is 0 Å². The fourth-order valence-electron chi connectivity index (χ4n) is 1.74. The summed E-state index contributed by atoms with van der Waals surface area (Å²) in [5.74, 6) is 0.693. The highest BCUT2D eigenvalue weighted by Gasteiger charge is 2.23. The summed E-state index contributed by atoms with van der Waals surface area (Å²) in [6, 6.07) is 7.24. The second kappa shape index (κ2) is 7.74. The fraction of sp³-hybridized carbons (Fsp3) is 0.571. The summed E-state index contributed by atoms with van der Waals surface area (Å²) in [6.07, 6.45) is 0.395. The summed E-state index contributed by atoms with van der Waals surface area (Å²) in [5, 5.41) is 9.85. The van der Waals surface area contributed by atoms with Crippen molar-refractivity contribution in [2.45, 2.75) is 18.9 Å². The molecule has 6 nitrogen and oxygen atoms in total. The van der Waals surface area contributed by atoms with E-state index in [1.54, 1.807) is 19.2 Å². The molecule has 0 aromatic heterocycles. The number of aliphatic hydroxyl groups is 1. The number of sulfonamides is 1. The third-order valence-corrected chi connectivity index (χ3v) is 4.27. The number of nitrogens with one attached hydrogen (secondary N) is 1. The zero-order chi connectivity index (χ0) is 15.9. The van der Waals surface area contributed by atoms with Crippen LogP contribution in [0.5, 0.6) is 5.75 Å². The summed E-state index contributed by atoms with van der Waals surface area (Å²) in [5.41, 5.74) is -0.313. The molecule has 0 aliphatic heterocycles. The molecule has 1 atom stereocenters. The molecule has 1 rings (SSSR count). The molecule has 0 heterocycles. The Balaban J connectivity index is 2.48. The second-order valence-electron chi connectivity index (χ2n) is 5.17. The van der Waals surface area contributed by atoms with Crippen LogP contribution in [0.25, 0.3) is 0 Å². The lowest BCUT2D eigenvalue weighted by atomic mass is 10.1. The molecule has 0 aliphatic carbocycles. The van der Waals surface area contributed by atoms with Crippen molar-refractivity contribution in [3.05, 3.63) is 29.8 Å². The molecule has 0 saturated heterocycles. The minimum Gasteiger partial charge on any atom is -0.497 e. The van der Waals surface area contributed by atoms with Gasteiger partial charge in [0.05, 0.1) is 25.1 Å². The van der Waals surface area contributed by atoms with Crippen molar-refractivity contribution in [2.24, 2.45) is 0 Å². The maximum absolute atomic E-state index is 11.9. The third-order valence-electron chi connectivity index (χ3n) is 2.95. The van der Waals surface area contributed by atoms with Crippen LogP contribution in [0.15, 0.2) is 24.3 Å². The molecular formula is C14H23NO5S. The van der Waals surface area contributed by atoms with Crippen LogP contribution in [0, 0.1) is 0 Å². The zero-order valence-electron chi connectivity index (χ0n) is 12.6. The number of aryl methyl sites for hydroxylation is 1. The first-order chi connectivity index (χ1) is 9.78. The quantitative estimate of drug-likeness (QED) is 0.695. The van der Waals surface area contributed by atoms with Gasteiger partial charge in [-0.3, -0.25) is 0 Å². The molecule has 1 aromatic rings. The SMILES string of the molecule is COCC(C)(O)CNS(=O)(=O)CCc1ccc(OC)cc1. The van der Waals surface area contributed by atoms with E-state index >= 15 is 0 Å². The third kappa shape index (κ3) is 6.90. The van der Waals surface area contributed by atoms with E-state index in [2.05, 4.69) is 4.72 Å². The van der Waals surface area contributed by atoms with Crippen LogP contribution >= 0.6 is 0 Å². The van der Waals surface area contributed by atoms with E-state index in [9.17, 15) is 13.5 Å². The number of hydrogen-bond acceptors (Lipinski definition) is 5. The Kier molecular flexibility index (Phi) is 6.60. The van der Waals surface area contributed by atoms with Gasteiger partial charge in [-0.1, -0.05) is 12.1 Å². The van der Waals surface area contributed by atoms with Gasteiger partial charge >= 0.3 is 0 Å². The Hall–Kier alpha value is -1.15. The lowest BCUT2D eigenvalue weighted by Gasteiger charge is -2.22. The van der Waals surface area contributed by atoms with E-state index in [1.807, 2.05) is 12.1 Å². The van der Waals surface area contributed by atoms with Gasteiger partial charge in [-0.2, -0.15) is 0 Å². The first-order valence-electron chi connectivity index (χ1n) is 6.59. The molecule has 1 unspecified atom stereocenters. The van der Waals surface area contributed by atoms with Gasteiger partial charge in [0.15, 0.2) is 0 Å². The molecule has 0 bridgehead atoms. The molecule has 120 valence electrons. The van der Waals surface area contributed by atoms with E-state index in [0.717, 1.165) is 11.3 Å². The molecule has 0 aliphatic rings. The van der Waals surface area contributed by atoms with Crippen LogP contribution in [0.1, 0.15) is 12.5 Å². The molecule has 7 heteroatoms. The van der Waals surface area contributed by atoms with E-state index in [1.165, 1.54) is 14.0 Å². The second-order valence-corrected chi connectivity index (χ2v) is 7.09. The van der Waals surface area contributed by atoms with E-state index < -0.39 is 15.6 Å². The topological polar surface area (TPSA) is 84.9 Å². The molecule has 0 spiro atoms. The van der Waals surface area contributed by atoms with Crippen molar-refractivity contribution in [1.82, 2.24) is 4.72 Å². The Morgan fingerprint density at radius 3 is 2.38 bits per heavy atom. The van der Waals surface area contributed by atoms with Crippen molar-refractivity contribution < 1.29 is 23.0 Å². The normalized spacial score (nSPS) is 14.7. The van der Waals surface area contributed by atoms with Crippen LogP contribution < -0.4 is 9.46 Å². The van der Waals surface area contributed by atoms with Crippen LogP contribution in [0.2, 0.25) is 0 Å². The molecule has 2 N–H and O–H groups in total. The minimum atomic E-state index is -3.44. The molecule has 0 radical (unpaired) electrons. The lowest BCUT2D eigenvalue weighted by molar-refractivity contribution is -0.0119. The maximum Gasteiger partial charge on any atom is 0.212 e. The summed E-state index contributed by atoms with van der Waals surface area (Å²) in [7, 11) is -0.414. The first-order valence-corrected chi connectivity index (χ1v) is 8.25. The standard InChI is InChI=1S/C14H23NO5S/c1-14(16,11-19-2)10-15-21(17,18)9-8-12-4-6-13(20-3)7-5-12/h4-7,15-16H,8-11H2,1-3H3. The predicted octanol–water partition coefficient (Wildman–Crippen LogP) is 0.554. The van der Waals surface area contributed by atoms with Gasteiger partial charge in [-0.25, -0.2) is 13.1 Å². The number of hydrogen-bond donors (Lipinski definition) is 2. The fourth-order valence-corrected chi connectivity index (χ4v) is 2.92. The van der Waals surface area contributed by atoms with Gasteiger partial charge in [0.1, 0.15) is 5.75 Å². The van der Waals surface area contributed by atoms with Crippen molar-refractivity contribution in [3.63, 3.8) is 0 Å². The maximum atomic E-state index is 11.9. The van der Waals surface area contributed by atoms with Gasteiger partial charge in [0.25, 0.3) is 0 Å². The van der Waals surface area contributed by atoms with Gasteiger partial charge in [-0.05, 0) is 31.0 Å². The molecular weight excluding hydrogens is 294 g/mol. The Morgan fingerprint density at radius 2 is 1.86 bits per heavy atom. The average molecular weight is 317 g/mol.